The standard InChI is InChI=1S/C14H14N2O2.H2/c1-7-4-5-16-12-10(15-13(17)14(16)18)6-8(2)9(3)11(7)12;/h6H,1,4-5H2,2-3H3,(H,15,17);1H. The number of nitrogens with zero attached hydrogens (tertiary/aromatic N) is 1. The minimum atomic E-state index is -0.552. The normalized spacial score (nSPS) is 14.2. The molecule has 2 aromatic rings. The molecule has 0 saturated heterocycles. The van der Waals surface area contributed by atoms with Gasteiger partial charge in [0, 0.05) is 13.5 Å². The highest BCUT2D eigenvalue weighted by Crippen LogP contribution is 2.33. The summed E-state index contributed by atoms with van der Waals surface area (Å²) in [5.41, 5.74) is 4.80. The van der Waals surface area contributed by atoms with Crippen LogP contribution in [0.4, 0.5) is 0 Å². The van der Waals surface area contributed by atoms with Crippen LogP contribution in [0.25, 0.3) is 16.6 Å². The number of aromatic amines is 1. The van der Waals surface area contributed by atoms with Gasteiger partial charge in [-0.1, -0.05) is 6.58 Å². The number of aromatic nitrogens is 2. The molecule has 94 valence electrons. The van der Waals surface area contributed by atoms with E-state index in [0.717, 1.165) is 39.7 Å². The maximum absolute atomic E-state index is 11.9. The molecule has 0 fully saturated rings. The minimum Gasteiger partial charge on any atom is -0.316 e. The highest BCUT2D eigenvalue weighted by molar-refractivity contribution is 5.92. The Morgan fingerprint density at radius 3 is 2.83 bits per heavy atom. The Morgan fingerprint density at radius 1 is 1.39 bits per heavy atom. The maximum atomic E-state index is 11.9. The Kier molecular flexibility index (Phi) is 2.11. The van der Waals surface area contributed by atoms with Crippen molar-refractivity contribution in [1.29, 1.82) is 0 Å². The van der Waals surface area contributed by atoms with Gasteiger partial charge < -0.3 is 9.55 Å². The second-order valence-electron chi connectivity index (χ2n) is 4.85. The summed E-state index contributed by atoms with van der Waals surface area (Å²) in [6.45, 7) is 8.65. The SMILES string of the molecule is C=C1CCn2c(=O)c(=O)[nH]c3cc(C)c(C)c1c32.[HH]. The number of hydrogen-bond donors (Lipinski definition) is 1. The lowest BCUT2D eigenvalue weighted by atomic mass is 9.92. The van der Waals surface area contributed by atoms with Crippen molar-refractivity contribution >= 4 is 16.6 Å². The van der Waals surface area contributed by atoms with E-state index in [1.165, 1.54) is 0 Å². The lowest BCUT2D eigenvalue weighted by Crippen LogP contribution is -2.38. The van der Waals surface area contributed by atoms with Gasteiger partial charge in [0.25, 0.3) is 0 Å². The number of hydrogen-bond acceptors (Lipinski definition) is 2. The van der Waals surface area contributed by atoms with Gasteiger partial charge in [0.2, 0.25) is 0 Å². The number of H-pyrrole nitrogens is 1. The monoisotopic (exact) mass is 244 g/mol. The third-order valence-electron chi connectivity index (χ3n) is 3.77. The van der Waals surface area contributed by atoms with Crippen LogP contribution in [0, 0.1) is 13.8 Å². The summed E-state index contributed by atoms with van der Waals surface area (Å²) >= 11 is 0. The van der Waals surface area contributed by atoms with E-state index in [1.54, 1.807) is 4.57 Å². The summed E-state index contributed by atoms with van der Waals surface area (Å²) in [7, 11) is 0. The largest absolute Gasteiger partial charge is 0.316 e. The van der Waals surface area contributed by atoms with Gasteiger partial charge in [-0.3, -0.25) is 9.59 Å². The molecule has 18 heavy (non-hydrogen) atoms. The van der Waals surface area contributed by atoms with Gasteiger partial charge in [-0.2, -0.15) is 0 Å². The van der Waals surface area contributed by atoms with Gasteiger partial charge in [0.1, 0.15) is 0 Å². The zero-order valence-corrected chi connectivity index (χ0v) is 10.5. The molecule has 0 atom stereocenters. The van der Waals surface area contributed by atoms with Crippen LogP contribution in [0.5, 0.6) is 0 Å². The highest BCUT2D eigenvalue weighted by atomic mass is 16.2. The summed E-state index contributed by atoms with van der Waals surface area (Å²) in [6.07, 6.45) is 0.718. The summed E-state index contributed by atoms with van der Waals surface area (Å²) < 4.78 is 1.57. The number of nitrogens with one attached hydrogen (secondary N) is 1. The van der Waals surface area contributed by atoms with Crippen molar-refractivity contribution in [2.75, 3.05) is 0 Å². The van der Waals surface area contributed by atoms with Crippen LogP contribution in [0.15, 0.2) is 22.2 Å². The van der Waals surface area contributed by atoms with Crippen molar-refractivity contribution < 1.29 is 1.43 Å². The number of rotatable bonds is 0. The molecule has 0 amide bonds. The van der Waals surface area contributed by atoms with Crippen molar-refractivity contribution in [2.45, 2.75) is 26.8 Å². The van der Waals surface area contributed by atoms with E-state index in [4.69, 9.17) is 0 Å². The summed E-state index contributed by atoms with van der Waals surface area (Å²) in [5, 5.41) is 0. The Morgan fingerprint density at radius 2 is 2.11 bits per heavy atom. The van der Waals surface area contributed by atoms with E-state index < -0.39 is 11.1 Å². The van der Waals surface area contributed by atoms with E-state index in [9.17, 15) is 9.59 Å². The van der Waals surface area contributed by atoms with Crippen molar-refractivity contribution in [2.24, 2.45) is 0 Å². The molecule has 0 saturated carbocycles. The molecule has 0 unspecified atom stereocenters. The van der Waals surface area contributed by atoms with Crippen LogP contribution in [0.3, 0.4) is 0 Å². The minimum absolute atomic E-state index is 0. The molecule has 0 aliphatic carbocycles. The quantitative estimate of drug-likeness (QED) is 0.720. The van der Waals surface area contributed by atoms with Crippen LogP contribution in [-0.2, 0) is 6.54 Å². The second kappa shape index (κ2) is 3.45. The average molecular weight is 244 g/mol. The topological polar surface area (TPSA) is 54.9 Å². The smallest absolute Gasteiger partial charge is 0.316 e. The third-order valence-corrected chi connectivity index (χ3v) is 3.77. The first-order chi connectivity index (χ1) is 8.50. The van der Waals surface area contributed by atoms with Crippen LogP contribution in [0.2, 0.25) is 0 Å². The molecule has 1 N–H and O–H groups in total. The third kappa shape index (κ3) is 1.26. The predicted octanol–water partition coefficient (Wildman–Crippen LogP) is 1.97. The van der Waals surface area contributed by atoms with E-state index in [1.807, 2.05) is 19.9 Å². The number of benzene rings is 1. The molecule has 1 aliphatic rings. The molecular weight excluding hydrogens is 228 g/mol. The molecule has 2 heterocycles. The van der Waals surface area contributed by atoms with Crippen LogP contribution in [0.1, 0.15) is 24.5 Å². The molecule has 1 aromatic carbocycles. The lowest BCUT2D eigenvalue weighted by Gasteiger charge is -2.23. The predicted molar refractivity (Wildman–Crippen MR) is 74.1 cm³/mol. The fourth-order valence-corrected chi connectivity index (χ4v) is 2.70. The highest BCUT2D eigenvalue weighted by Gasteiger charge is 2.20. The van der Waals surface area contributed by atoms with E-state index >= 15 is 0 Å². The van der Waals surface area contributed by atoms with Crippen molar-refractivity contribution in [3.8, 4) is 0 Å². The van der Waals surface area contributed by atoms with Gasteiger partial charge in [-0.15, -0.1) is 0 Å². The zero-order valence-electron chi connectivity index (χ0n) is 10.5. The molecule has 0 spiro atoms. The van der Waals surface area contributed by atoms with Gasteiger partial charge in [0.15, 0.2) is 0 Å². The number of aryl methyl sites for hydroxylation is 2. The fourth-order valence-electron chi connectivity index (χ4n) is 2.70. The lowest BCUT2D eigenvalue weighted by molar-refractivity contribution is 0.689. The molecule has 4 nitrogen and oxygen atoms in total. The first kappa shape index (κ1) is 11.0. The van der Waals surface area contributed by atoms with Crippen LogP contribution in [-0.4, -0.2) is 9.55 Å². The van der Waals surface area contributed by atoms with E-state index in [0.29, 0.717) is 6.54 Å². The van der Waals surface area contributed by atoms with Gasteiger partial charge in [-0.05, 0) is 43.0 Å². The molecule has 0 bridgehead atoms. The van der Waals surface area contributed by atoms with Gasteiger partial charge in [-0.25, -0.2) is 0 Å². The Hall–Kier alpha value is -2.10. The summed E-state index contributed by atoms with van der Waals surface area (Å²) in [6, 6.07) is 1.92. The summed E-state index contributed by atoms with van der Waals surface area (Å²) in [4.78, 5) is 26.2. The van der Waals surface area contributed by atoms with Crippen molar-refractivity contribution in [3.05, 3.63) is 50.0 Å². The van der Waals surface area contributed by atoms with Crippen molar-refractivity contribution in [3.63, 3.8) is 0 Å². The molecule has 1 aromatic heterocycles. The van der Waals surface area contributed by atoms with E-state index in [2.05, 4.69) is 11.6 Å². The van der Waals surface area contributed by atoms with E-state index in [-0.39, 0.29) is 1.43 Å². The van der Waals surface area contributed by atoms with Crippen LogP contribution < -0.4 is 11.1 Å². The maximum Gasteiger partial charge on any atom is 0.316 e. The molecule has 0 radical (unpaired) electrons. The summed E-state index contributed by atoms with van der Waals surface area (Å²) in [5.74, 6) is 0. The Labute approximate surface area is 105 Å². The Bertz CT molecular complexity index is 815. The molecule has 3 rings (SSSR count). The van der Waals surface area contributed by atoms with Crippen LogP contribution >= 0.6 is 0 Å². The Balaban J connectivity index is 0.00000133. The average Bonchev–Trinajstić information content (AvgIpc) is 2.33. The second-order valence-corrected chi connectivity index (χ2v) is 4.85. The first-order valence-corrected chi connectivity index (χ1v) is 5.96. The zero-order chi connectivity index (χ0) is 13.0. The first-order valence-electron chi connectivity index (χ1n) is 5.96. The molecule has 1 aliphatic heterocycles. The molecule has 4 heteroatoms. The van der Waals surface area contributed by atoms with Gasteiger partial charge >= 0.3 is 11.1 Å². The fraction of sp³-hybridized carbons (Fsp3) is 0.286. The molecular formula is C14H16N2O2. The number of allylic oxidation sites excluding steroid dienone is 1. The van der Waals surface area contributed by atoms with Crippen molar-refractivity contribution in [1.82, 2.24) is 9.55 Å². The van der Waals surface area contributed by atoms with Gasteiger partial charge in [0.05, 0.1) is 11.0 Å².